The number of pyridine rings is 1. The first-order valence-electron chi connectivity index (χ1n) is 11.0. The van der Waals surface area contributed by atoms with Crippen molar-refractivity contribution in [2.24, 2.45) is 18.9 Å². The maximum absolute atomic E-state index is 13.7. The van der Waals surface area contributed by atoms with Gasteiger partial charge in [-0.25, -0.2) is 13.4 Å². The molecule has 1 amide bonds. The molecule has 2 aromatic rings. The molecule has 33 heavy (non-hydrogen) atoms. The van der Waals surface area contributed by atoms with Crippen LogP contribution in [0.3, 0.4) is 0 Å². The van der Waals surface area contributed by atoms with E-state index in [2.05, 4.69) is 10.3 Å². The van der Waals surface area contributed by atoms with Crippen molar-refractivity contribution in [1.29, 1.82) is 0 Å². The highest BCUT2D eigenvalue weighted by Crippen LogP contribution is 2.50. The number of sulfonamides is 1. The van der Waals surface area contributed by atoms with E-state index in [9.17, 15) is 23.1 Å². The molecule has 1 fully saturated rings. The van der Waals surface area contributed by atoms with Gasteiger partial charge in [-0.05, 0) is 25.5 Å². The normalized spacial score (nSPS) is 24.8. The maximum atomic E-state index is 13.7. The number of aliphatic hydroxyl groups is 1. The van der Waals surface area contributed by atoms with Gasteiger partial charge in [-0.1, -0.05) is 19.1 Å². The first kappa shape index (κ1) is 23.4. The molecule has 2 aromatic heterocycles. The zero-order chi connectivity index (χ0) is 23.9. The Balaban J connectivity index is 1.92. The number of aryl methyl sites for hydroxylation is 1. The van der Waals surface area contributed by atoms with Crippen LogP contribution in [0.1, 0.15) is 37.6 Å². The van der Waals surface area contributed by atoms with Crippen LogP contribution < -0.4 is 10.9 Å². The minimum Gasteiger partial charge on any atom is -0.396 e. The monoisotopic (exact) mass is 475 g/mol. The largest absolute Gasteiger partial charge is 0.396 e. The van der Waals surface area contributed by atoms with E-state index < -0.39 is 33.9 Å². The molecule has 2 bridgehead atoms. The van der Waals surface area contributed by atoms with E-state index in [4.69, 9.17) is 0 Å². The third-order valence-corrected chi connectivity index (χ3v) is 8.23. The molecule has 10 nitrogen and oxygen atoms in total. The first-order valence-corrected chi connectivity index (χ1v) is 12.5. The molecule has 0 aliphatic carbocycles. The minimum absolute atomic E-state index is 0.0465. The summed E-state index contributed by atoms with van der Waals surface area (Å²) in [4.78, 5) is 30.4. The Morgan fingerprint density at radius 3 is 2.73 bits per heavy atom. The number of nitrogens with one attached hydrogen (secondary N) is 1. The van der Waals surface area contributed by atoms with Crippen molar-refractivity contribution in [2.75, 3.05) is 13.2 Å². The smallest absolute Gasteiger partial charge is 0.263 e. The SMILES string of the molecule is C/C=C/c1ccc2n(c1=O)C[C@@H]1[C@@H](CO)[C@H](C(=O)NCCC)[C@H]2N1S(=O)(=O)c1cn(C)cn1. The van der Waals surface area contributed by atoms with Gasteiger partial charge in [0.1, 0.15) is 0 Å². The number of allylic oxidation sites excluding steroid dienone is 1. The van der Waals surface area contributed by atoms with Gasteiger partial charge in [0.2, 0.25) is 5.91 Å². The van der Waals surface area contributed by atoms with E-state index in [0.717, 1.165) is 6.42 Å². The molecular weight excluding hydrogens is 446 g/mol. The number of aromatic nitrogens is 3. The van der Waals surface area contributed by atoms with E-state index in [-0.39, 0.29) is 29.6 Å². The Bertz CT molecular complexity index is 1250. The molecule has 4 atom stereocenters. The number of amides is 1. The molecule has 0 radical (unpaired) electrons. The number of hydrogen-bond donors (Lipinski definition) is 2. The highest BCUT2D eigenvalue weighted by Gasteiger charge is 2.60. The second-order valence-electron chi connectivity index (χ2n) is 8.52. The van der Waals surface area contributed by atoms with Gasteiger partial charge in [-0.15, -0.1) is 0 Å². The van der Waals surface area contributed by atoms with Gasteiger partial charge in [-0.2, -0.15) is 4.31 Å². The Morgan fingerprint density at radius 1 is 1.36 bits per heavy atom. The third kappa shape index (κ3) is 3.73. The van der Waals surface area contributed by atoms with Crippen molar-refractivity contribution >= 4 is 22.0 Å². The lowest BCUT2D eigenvalue weighted by Gasteiger charge is -2.36. The zero-order valence-corrected chi connectivity index (χ0v) is 19.7. The summed E-state index contributed by atoms with van der Waals surface area (Å²) in [5, 5.41) is 13.0. The van der Waals surface area contributed by atoms with Crippen LogP contribution in [0, 0.1) is 11.8 Å². The predicted molar refractivity (Wildman–Crippen MR) is 122 cm³/mol. The van der Waals surface area contributed by atoms with E-state index in [1.54, 1.807) is 35.9 Å². The van der Waals surface area contributed by atoms with Crippen LogP contribution in [0.5, 0.6) is 0 Å². The quantitative estimate of drug-likeness (QED) is 0.600. The van der Waals surface area contributed by atoms with Crippen LogP contribution in [-0.2, 0) is 28.4 Å². The minimum atomic E-state index is -4.10. The molecular formula is C22H29N5O5S. The molecule has 0 aromatic carbocycles. The van der Waals surface area contributed by atoms with Gasteiger partial charge >= 0.3 is 0 Å². The fourth-order valence-electron chi connectivity index (χ4n) is 5.00. The zero-order valence-electron chi connectivity index (χ0n) is 18.9. The van der Waals surface area contributed by atoms with Gasteiger partial charge < -0.3 is 19.6 Å². The first-order chi connectivity index (χ1) is 15.8. The van der Waals surface area contributed by atoms with Crippen LogP contribution in [0.15, 0.2) is 40.6 Å². The second-order valence-corrected chi connectivity index (χ2v) is 10.3. The second kappa shape index (κ2) is 8.88. The molecule has 2 N–H and O–H groups in total. The molecule has 178 valence electrons. The van der Waals surface area contributed by atoms with Gasteiger partial charge in [0.05, 0.1) is 18.3 Å². The van der Waals surface area contributed by atoms with Crippen LogP contribution in [-0.4, -0.2) is 57.0 Å². The Kier molecular flexibility index (Phi) is 6.30. The summed E-state index contributed by atoms with van der Waals surface area (Å²) < 4.78 is 31.8. The molecule has 2 aliphatic rings. The summed E-state index contributed by atoms with van der Waals surface area (Å²) in [5.74, 6) is -1.84. The van der Waals surface area contributed by atoms with Gasteiger partial charge in [0, 0.05) is 56.2 Å². The number of aliphatic hydroxyl groups excluding tert-OH is 1. The van der Waals surface area contributed by atoms with Crippen molar-refractivity contribution in [2.45, 2.75) is 43.9 Å². The molecule has 4 heterocycles. The molecule has 0 unspecified atom stereocenters. The number of rotatable bonds is 7. The summed E-state index contributed by atoms with van der Waals surface area (Å²) in [6.07, 6.45) is 6.98. The summed E-state index contributed by atoms with van der Waals surface area (Å²) in [5.41, 5.74) is 0.674. The molecule has 4 rings (SSSR count). The number of nitrogens with zero attached hydrogens (tertiary/aromatic N) is 4. The Labute approximate surface area is 192 Å². The lowest BCUT2D eigenvalue weighted by atomic mass is 9.86. The lowest BCUT2D eigenvalue weighted by Crippen LogP contribution is -2.49. The number of hydrogen-bond acceptors (Lipinski definition) is 6. The standard InChI is InChI=1S/C22H29N5O5S/c1-4-6-14-7-8-16-20-19(21(29)23-9-5-2)15(12-28)17(10-26(16)22(14)30)27(20)33(31,32)18-11-25(3)13-24-18/h4,6-8,11,13,15,17,19-20,28H,5,9-10,12H2,1-3H3,(H,23,29)/b6-4+/t15-,17-,19+,20+/m1/s1. The number of imidazole rings is 1. The van der Waals surface area contributed by atoms with Gasteiger partial charge in [0.25, 0.3) is 15.6 Å². The van der Waals surface area contributed by atoms with Crippen LogP contribution >= 0.6 is 0 Å². The average Bonchev–Trinajstić information content (AvgIpc) is 3.33. The van der Waals surface area contributed by atoms with Crippen molar-refractivity contribution in [3.63, 3.8) is 0 Å². The van der Waals surface area contributed by atoms with Crippen molar-refractivity contribution in [3.8, 4) is 0 Å². The Hall–Kier alpha value is -2.76. The van der Waals surface area contributed by atoms with E-state index >= 15 is 0 Å². The van der Waals surface area contributed by atoms with E-state index in [1.807, 2.05) is 13.8 Å². The van der Waals surface area contributed by atoms with Crippen LogP contribution in [0.4, 0.5) is 0 Å². The highest BCUT2D eigenvalue weighted by atomic mass is 32.2. The van der Waals surface area contributed by atoms with E-state index in [1.165, 1.54) is 21.4 Å². The topological polar surface area (TPSA) is 127 Å². The summed E-state index contributed by atoms with van der Waals surface area (Å²) in [6, 6.07) is 1.65. The number of carbonyl (C=O) groups excluding carboxylic acids is 1. The van der Waals surface area contributed by atoms with Gasteiger partial charge in [-0.3, -0.25) is 9.59 Å². The fraction of sp³-hybridized carbons (Fsp3) is 0.500. The molecule has 0 saturated carbocycles. The average molecular weight is 476 g/mol. The molecule has 1 saturated heterocycles. The van der Waals surface area contributed by atoms with Crippen molar-refractivity contribution < 1.29 is 18.3 Å². The maximum Gasteiger partial charge on any atom is 0.263 e. The Morgan fingerprint density at radius 2 is 2.12 bits per heavy atom. The summed E-state index contributed by atoms with van der Waals surface area (Å²) in [7, 11) is -2.43. The van der Waals surface area contributed by atoms with E-state index in [0.29, 0.717) is 17.8 Å². The van der Waals surface area contributed by atoms with Crippen molar-refractivity contribution in [3.05, 3.63) is 52.3 Å². The summed E-state index contributed by atoms with van der Waals surface area (Å²) in [6.45, 7) is 3.83. The lowest BCUT2D eigenvalue weighted by molar-refractivity contribution is -0.127. The van der Waals surface area contributed by atoms with Crippen LogP contribution in [0.25, 0.3) is 6.08 Å². The third-order valence-electron chi connectivity index (χ3n) is 6.44. The van der Waals surface area contributed by atoms with Crippen molar-refractivity contribution in [1.82, 2.24) is 23.7 Å². The molecule has 0 spiro atoms. The number of carbonyl (C=O) groups is 1. The number of fused-ring (bicyclic) bond motifs is 4. The van der Waals surface area contributed by atoms with Crippen LogP contribution in [0.2, 0.25) is 0 Å². The molecule has 2 aliphatic heterocycles. The predicted octanol–water partition coefficient (Wildman–Crippen LogP) is 0.494. The fourth-order valence-corrected chi connectivity index (χ4v) is 6.82. The highest BCUT2D eigenvalue weighted by molar-refractivity contribution is 7.89. The molecule has 11 heteroatoms. The van der Waals surface area contributed by atoms with Gasteiger partial charge in [0.15, 0.2) is 5.03 Å². The summed E-state index contributed by atoms with van der Waals surface area (Å²) >= 11 is 0.